The molecule has 0 saturated heterocycles. The summed E-state index contributed by atoms with van der Waals surface area (Å²) in [4.78, 5) is 12.1. The topological polar surface area (TPSA) is 74.7 Å². The molecule has 0 aromatic carbocycles. The lowest BCUT2D eigenvalue weighted by molar-refractivity contribution is -0.137. The molecule has 0 bridgehead atoms. The normalized spacial score (nSPS) is 11.9. The van der Waals surface area contributed by atoms with Gasteiger partial charge in [0.25, 0.3) is 0 Å². The first-order chi connectivity index (χ1) is 6.87. The number of sulfone groups is 1. The Morgan fingerprint density at radius 3 is 2.40 bits per heavy atom. The Morgan fingerprint density at radius 1 is 1.33 bits per heavy atom. The summed E-state index contributed by atoms with van der Waals surface area (Å²) in [6, 6.07) is 0. The average molecular weight is 237 g/mol. The van der Waals surface area contributed by atoms with Crippen molar-refractivity contribution in [3.63, 3.8) is 0 Å². The number of carboxylic acid groups (broad SMARTS) is 1. The molecule has 0 atom stereocenters. The van der Waals surface area contributed by atoms with Crippen molar-refractivity contribution in [2.75, 3.05) is 31.6 Å². The zero-order chi connectivity index (χ0) is 11.9. The first-order valence-corrected chi connectivity index (χ1v) is 6.80. The lowest BCUT2D eigenvalue weighted by Crippen LogP contribution is -2.24. The molecule has 0 aliphatic carbocycles. The second kappa shape index (κ2) is 6.79. The second-order valence-corrected chi connectivity index (χ2v) is 6.01. The molecule has 0 aliphatic rings. The molecular formula is C9H19NO4S. The lowest BCUT2D eigenvalue weighted by atomic mass is 10.3. The van der Waals surface area contributed by atoms with E-state index in [9.17, 15) is 13.2 Å². The SMILES string of the molecule is CCS(=O)(=O)CCCN(C)CCC(=O)O. The molecule has 5 nitrogen and oxygen atoms in total. The summed E-state index contributed by atoms with van der Waals surface area (Å²) >= 11 is 0. The van der Waals surface area contributed by atoms with Gasteiger partial charge in [0.15, 0.2) is 0 Å². The molecule has 0 radical (unpaired) electrons. The molecule has 0 saturated carbocycles. The fraction of sp³-hybridized carbons (Fsp3) is 0.889. The van der Waals surface area contributed by atoms with Crippen molar-refractivity contribution in [3.8, 4) is 0 Å². The molecule has 0 aromatic rings. The third-order valence-electron chi connectivity index (χ3n) is 2.14. The molecule has 0 fully saturated rings. The lowest BCUT2D eigenvalue weighted by Gasteiger charge is -2.14. The van der Waals surface area contributed by atoms with Crippen LogP contribution in [0.25, 0.3) is 0 Å². The van der Waals surface area contributed by atoms with E-state index in [-0.39, 0.29) is 17.9 Å². The molecule has 0 aliphatic heterocycles. The molecule has 0 amide bonds. The van der Waals surface area contributed by atoms with Gasteiger partial charge in [0.05, 0.1) is 12.2 Å². The first kappa shape index (κ1) is 14.4. The summed E-state index contributed by atoms with van der Waals surface area (Å²) in [7, 11) is -1.10. The van der Waals surface area contributed by atoms with Crippen LogP contribution >= 0.6 is 0 Å². The van der Waals surface area contributed by atoms with Gasteiger partial charge in [-0.1, -0.05) is 6.92 Å². The summed E-state index contributed by atoms with van der Waals surface area (Å²) < 4.78 is 22.3. The maximum Gasteiger partial charge on any atom is 0.304 e. The molecule has 6 heteroatoms. The van der Waals surface area contributed by atoms with Crippen LogP contribution in [0, 0.1) is 0 Å². The Kier molecular flexibility index (Phi) is 6.51. The van der Waals surface area contributed by atoms with Gasteiger partial charge in [0.1, 0.15) is 9.84 Å². The molecule has 0 spiro atoms. The van der Waals surface area contributed by atoms with Crippen LogP contribution in [0.4, 0.5) is 0 Å². The zero-order valence-corrected chi connectivity index (χ0v) is 10.1. The standard InChI is InChI=1S/C9H19NO4S/c1-3-15(13,14)8-4-6-10(2)7-5-9(11)12/h3-8H2,1-2H3,(H,11,12). The highest BCUT2D eigenvalue weighted by Gasteiger charge is 2.08. The van der Waals surface area contributed by atoms with Crippen LogP contribution < -0.4 is 0 Å². The molecule has 1 N–H and O–H groups in total. The summed E-state index contributed by atoms with van der Waals surface area (Å²) in [6.07, 6.45) is 0.656. The minimum absolute atomic E-state index is 0.0943. The molecule has 15 heavy (non-hydrogen) atoms. The van der Waals surface area contributed by atoms with Crippen molar-refractivity contribution in [1.82, 2.24) is 4.90 Å². The molecule has 0 heterocycles. The van der Waals surface area contributed by atoms with Gasteiger partial charge >= 0.3 is 5.97 Å². The number of aliphatic carboxylic acids is 1. The van der Waals surface area contributed by atoms with Crippen LogP contribution in [-0.4, -0.2) is 56.0 Å². The summed E-state index contributed by atoms with van der Waals surface area (Å²) in [5, 5.41) is 8.43. The number of hydrogen-bond donors (Lipinski definition) is 1. The van der Waals surface area contributed by atoms with E-state index >= 15 is 0 Å². The van der Waals surface area contributed by atoms with Gasteiger partial charge in [0, 0.05) is 12.3 Å². The van der Waals surface area contributed by atoms with Crippen LogP contribution in [0.15, 0.2) is 0 Å². The fourth-order valence-electron chi connectivity index (χ4n) is 1.10. The van der Waals surface area contributed by atoms with Gasteiger partial charge in [-0.25, -0.2) is 8.42 Å². The minimum Gasteiger partial charge on any atom is -0.481 e. The van der Waals surface area contributed by atoms with Crippen LogP contribution in [0.5, 0.6) is 0 Å². The number of hydrogen-bond acceptors (Lipinski definition) is 4. The van der Waals surface area contributed by atoms with E-state index < -0.39 is 15.8 Å². The third-order valence-corrected chi connectivity index (χ3v) is 3.93. The van der Waals surface area contributed by atoms with E-state index in [1.807, 2.05) is 4.90 Å². The maximum absolute atomic E-state index is 11.1. The molecular weight excluding hydrogens is 218 g/mol. The van der Waals surface area contributed by atoms with Crippen molar-refractivity contribution >= 4 is 15.8 Å². The van der Waals surface area contributed by atoms with E-state index in [0.717, 1.165) is 0 Å². The number of nitrogens with zero attached hydrogens (tertiary/aromatic N) is 1. The van der Waals surface area contributed by atoms with E-state index in [4.69, 9.17) is 5.11 Å². The number of rotatable bonds is 8. The van der Waals surface area contributed by atoms with E-state index in [0.29, 0.717) is 19.5 Å². The van der Waals surface area contributed by atoms with Gasteiger partial charge < -0.3 is 10.0 Å². The van der Waals surface area contributed by atoms with Crippen LogP contribution in [0.3, 0.4) is 0 Å². The molecule has 0 aromatic heterocycles. The summed E-state index contributed by atoms with van der Waals surface area (Å²) in [6.45, 7) is 2.71. The van der Waals surface area contributed by atoms with Gasteiger partial charge in [-0.05, 0) is 20.0 Å². The van der Waals surface area contributed by atoms with Gasteiger partial charge in [-0.15, -0.1) is 0 Å². The first-order valence-electron chi connectivity index (χ1n) is 4.98. The Bertz CT molecular complexity index is 286. The Labute approximate surface area is 91.0 Å². The summed E-state index contributed by atoms with van der Waals surface area (Å²) in [5.74, 6) is -0.477. The van der Waals surface area contributed by atoms with Gasteiger partial charge in [-0.3, -0.25) is 4.79 Å². The number of carboxylic acids is 1. The van der Waals surface area contributed by atoms with Crippen LogP contribution in [0.2, 0.25) is 0 Å². The van der Waals surface area contributed by atoms with Crippen LogP contribution in [0.1, 0.15) is 19.8 Å². The monoisotopic (exact) mass is 237 g/mol. The average Bonchev–Trinajstić information content (AvgIpc) is 2.14. The summed E-state index contributed by atoms with van der Waals surface area (Å²) in [5.41, 5.74) is 0. The smallest absolute Gasteiger partial charge is 0.304 e. The highest BCUT2D eigenvalue weighted by Crippen LogP contribution is 1.96. The van der Waals surface area contributed by atoms with Gasteiger partial charge in [0.2, 0.25) is 0 Å². The Morgan fingerprint density at radius 2 is 1.93 bits per heavy atom. The minimum atomic E-state index is -2.89. The predicted molar refractivity (Wildman–Crippen MR) is 58.7 cm³/mol. The second-order valence-electron chi connectivity index (χ2n) is 3.54. The predicted octanol–water partition coefficient (Wildman–Crippen LogP) is 0.218. The Balaban J connectivity index is 3.64. The quantitative estimate of drug-likeness (QED) is 0.653. The maximum atomic E-state index is 11.1. The van der Waals surface area contributed by atoms with Crippen molar-refractivity contribution in [2.24, 2.45) is 0 Å². The Hall–Kier alpha value is -0.620. The van der Waals surface area contributed by atoms with Crippen molar-refractivity contribution in [2.45, 2.75) is 19.8 Å². The molecule has 0 rings (SSSR count). The van der Waals surface area contributed by atoms with Crippen molar-refractivity contribution in [3.05, 3.63) is 0 Å². The van der Waals surface area contributed by atoms with Crippen molar-refractivity contribution < 1.29 is 18.3 Å². The third kappa shape index (κ3) is 8.38. The molecule has 0 unspecified atom stereocenters. The molecule has 90 valence electrons. The van der Waals surface area contributed by atoms with E-state index in [1.165, 1.54) is 0 Å². The van der Waals surface area contributed by atoms with Crippen LogP contribution in [-0.2, 0) is 14.6 Å². The zero-order valence-electron chi connectivity index (χ0n) is 9.27. The van der Waals surface area contributed by atoms with E-state index in [2.05, 4.69) is 0 Å². The fourth-order valence-corrected chi connectivity index (χ4v) is 1.95. The van der Waals surface area contributed by atoms with Crippen molar-refractivity contribution in [1.29, 1.82) is 0 Å². The number of carbonyl (C=O) groups is 1. The largest absolute Gasteiger partial charge is 0.481 e. The van der Waals surface area contributed by atoms with E-state index in [1.54, 1.807) is 14.0 Å². The highest BCUT2D eigenvalue weighted by atomic mass is 32.2. The van der Waals surface area contributed by atoms with Gasteiger partial charge in [-0.2, -0.15) is 0 Å². The highest BCUT2D eigenvalue weighted by molar-refractivity contribution is 7.91.